The lowest BCUT2D eigenvalue weighted by atomic mass is 9.70. The van der Waals surface area contributed by atoms with Crippen LogP contribution < -0.4 is 0 Å². The van der Waals surface area contributed by atoms with Gasteiger partial charge in [-0.1, -0.05) is 20.8 Å². The number of carbonyl (C=O) groups is 2. The first-order chi connectivity index (χ1) is 6.44. The lowest BCUT2D eigenvalue weighted by molar-refractivity contribution is -0.150. The summed E-state index contributed by atoms with van der Waals surface area (Å²) < 4.78 is 4.98. The number of carbonyl (C=O) groups excluding carboxylic acids is 2. The first kappa shape index (κ1) is 11.2. The average molecular weight is 197 g/mol. The molecule has 3 heteroatoms. The van der Waals surface area contributed by atoms with Gasteiger partial charge in [0.1, 0.15) is 11.2 Å². The quantitative estimate of drug-likeness (QED) is 0.511. The molecule has 1 radical (unpaired) electrons. The highest BCUT2D eigenvalue weighted by molar-refractivity contribution is 6.05. The average Bonchev–Trinajstić information content (AvgIpc) is 2.43. The Hall–Kier alpha value is -0.860. The van der Waals surface area contributed by atoms with Crippen molar-refractivity contribution in [2.75, 3.05) is 6.61 Å². The minimum atomic E-state index is -0.937. The first-order valence-electron chi connectivity index (χ1n) is 4.95. The molecule has 1 heterocycles. The van der Waals surface area contributed by atoms with Crippen molar-refractivity contribution in [1.29, 1.82) is 0 Å². The maximum Gasteiger partial charge on any atom is 0.319 e. The zero-order valence-electron chi connectivity index (χ0n) is 9.22. The van der Waals surface area contributed by atoms with Crippen LogP contribution in [0.15, 0.2) is 0 Å². The molecule has 2 atom stereocenters. The van der Waals surface area contributed by atoms with Crippen molar-refractivity contribution in [3.8, 4) is 0 Å². The molecule has 0 N–H and O–H groups in total. The Kier molecular flexibility index (Phi) is 2.98. The fourth-order valence-electron chi connectivity index (χ4n) is 2.04. The molecular formula is C11H17O3. The highest BCUT2D eigenvalue weighted by Crippen LogP contribution is 2.42. The van der Waals surface area contributed by atoms with Crippen LogP contribution in [-0.4, -0.2) is 18.4 Å². The largest absolute Gasteiger partial charge is 0.465 e. The molecule has 0 unspecified atom stereocenters. The van der Waals surface area contributed by atoms with Crippen LogP contribution in [0, 0.1) is 17.3 Å². The molecule has 1 aliphatic heterocycles. The molecule has 1 fully saturated rings. The predicted molar refractivity (Wildman–Crippen MR) is 52.4 cm³/mol. The van der Waals surface area contributed by atoms with Crippen LogP contribution >= 0.6 is 0 Å². The van der Waals surface area contributed by atoms with E-state index in [9.17, 15) is 9.59 Å². The zero-order chi connectivity index (χ0) is 10.9. The van der Waals surface area contributed by atoms with E-state index in [0.717, 1.165) is 5.92 Å². The Balaban J connectivity index is 3.01. The second-order valence-corrected chi connectivity index (χ2v) is 4.21. The van der Waals surface area contributed by atoms with Gasteiger partial charge in [0.05, 0.1) is 6.61 Å². The molecule has 0 saturated carbocycles. The van der Waals surface area contributed by atoms with E-state index in [-0.39, 0.29) is 17.7 Å². The summed E-state index contributed by atoms with van der Waals surface area (Å²) in [6.07, 6.45) is 0.384. The maximum absolute atomic E-state index is 11.7. The molecule has 0 bridgehead atoms. The Bertz CT molecular complexity index is 257. The van der Waals surface area contributed by atoms with Crippen LogP contribution in [0.3, 0.4) is 0 Å². The number of ketones is 1. The van der Waals surface area contributed by atoms with Crippen LogP contribution in [-0.2, 0) is 14.3 Å². The van der Waals surface area contributed by atoms with Gasteiger partial charge in [0, 0.05) is 12.3 Å². The molecule has 0 aromatic carbocycles. The molecule has 0 aliphatic carbocycles. The van der Waals surface area contributed by atoms with Gasteiger partial charge in [-0.2, -0.15) is 0 Å². The van der Waals surface area contributed by atoms with E-state index in [4.69, 9.17) is 4.74 Å². The van der Waals surface area contributed by atoms with Crippen molar-refractivity contribution in [1.82, 2.24) is 0 Å². The summed E-state index contributed by atoms with van der Waals surface area (Å²) in [4.78, 5) is 23.3. The number of hydrogen-bond acceptors (Lipinski definition) is 3. The van der Waals surface area contributed by atoms with E-state index < -0.39 is 5.41 Å². The molecule has 0 aromatic heterocycles. The molecule has 79 valence electrons. The van der Waals surface area contributed by atoms with Crippen molar-refractivity contribution in [2.45, 2.75) is 34.1 Å². The SMILES string of the molecule is CCC(=O)[C@@]1(C)C(=O)OC[C@@H]1[C](C)C. The minimum Gasteiger partial charge on any atom is -0.465 e. The van der Waals surface area contributed by atoms with Gasteiger partial charge in [-0.15, -0.1) is 0 Å². The summed E-state index contributed by atoms with van der Waals surface area (Å²) >= 11 is 0. The molecule has 3 nitrogen and oxygen atoms in total. The Morgan fingerprint density at radius 3 is 2.57 bits per heavy atom. The van der Waals surface area contributed by atoms with Gasteiger partial charge < -0.3 is 4.74 Å². The van der Waals surface area contributed by atoms with E-state index in [2.05, 4.69) is 0 Å². The lowest BCUT2D eigenvalue weighted by Crippen LogP contribution is -2.39. The van der Waals surface area contributed by atoms with Crippen molar-refractivity contribution >= 4 is 11.8 Å². The van der Waals surface area contributed by atoms with E-state index in [1.807, 2.05) is 13.8 Å². The van der Waals surface area contributed by atoms with E-state index in [1.54, 1.807) is 13.8 Å². The molecular weight excluding hydrogens is 180 g/mol. The second-order valence-electron chi connectivity index (χ2n) is 4.21. The summed E-state index contributed by atoms with van der Waals surface area (Å²) in [6.45, 7) is 7.71. The lowest BCUT2D eigenvalue weighted by Gasteiger charge is -2.26. The predicted octanol–water partition coefficient (Wildman–Crippen LogP) is 1.76. The number of ether oxygens (including phenoxy) is 1. The van der Waals surface area contributed by atoms with Gasteiger partial charge in [-0.05, 0) is 12.8 Å². The topological polar surface area (TPSA) is 43.4 Å². The Morgan fingerprint density at radius 2 is 2.14 bits per heavy atom. The zero-order valence-corrected chi connectivity index (χ0v) is 9.22. The Morgan fingerprint density at radius 1 is 1.57 bits per heavy atom. The molecule has 0 spiro atoms. The van der Waals surface area contributed by atoms with Crippen molar-refractivity contribution in [3.63, 3.8) is 0 Å². The van der Waals surface area contributed by atoms with E-state index >= 15 is 0 Å². The first-order valence-corrected chi connectivity index (χ1v) is 4.95. The smallest absolute Gasteiger partial charge is 0.319 e. The fraction of sp³-hybridized carbons (Fsp3) is 0.727. The maximum atomic E-state index is 11.7. The van der Waals surface area contributed by atoms with Crippen LogP contribution in [0.2, 0.25) is 0 Å². The number of cyclic esters (lactones) is 1. The van der Waals surface area contributed by atoms with Crippen LogP contribution in [0.5, 0.6) is 0 Å². The molecule has 1 aliphatic rings. The monoisotopic (exact) mass is 197 g/mol. The molecule has 1 saturated heterocycles. The standard InChI is InChI=1S/C11H17O3/c1-5-9(12)11(4)8(7(2)3)6-14-10(11)13/h8H,5-6H2,1-4H3/t8-,11+/m1/s1. The number of Topliss-reactive ketones (excluding diaryl/α,β-unsaturated/α-hetero) is 1. The highest BCUT2D eigenvalue weighted by Gasteiger charge is 2.54. The van der Waals surface area contributed by atoms with Gasteiger partial charge in [0.2, 0.25) is 0 Å². The third-order valence-corrected chi connectivity index (χ3v) is 3.10. The van der Waals surface area contributed by atoms with Crippen molar-refractivity contribution in [3.05, 3.63) is 5.92 Å². The molecule has 0 amide bonds. The summed E-state index contributed by atoms with van der Waals surface area (Å²) in [7, 11) is 0. The van der Waals surface area contributed by atoms with Crippen molar-refractivity contribution < 1.29 is 14.3 Å². The Labute approximate surface area is 84.8 Å². The third kappa shape index (κ3) is 1.45. The summed E-state index contributed by atoms with van der Waals surface area (Å²) in [6, 6.07) is 0. The number of hydrogen-bond donors (Lipinski definition) is 0. The second kappa shape index (κ2) is 3.71. The van der Waals surface area contributed by atoms with Crippen LogP contribution in [0.1, 0.15) is 34.1 Å². The molecule has 0 aromatic rings. The van der Waals surface area contributed by atoms with Gasteiger partial charge in [0.15, 0.2) is 0 Å². The van der Waals surface area contributed by atoms with E-state index in [0.29, 0.717) is 13.0 Å². The summed E-state index contributed by atoms with van der Waals surface area (Å²) in [5.41, 5.74) is -0.937. The normalized spacial score (nSPS) is 32.1. The summed E-state index contributed by atoms with van der Waals surface area (Å²) in [5.74, 6) is 0.643. The number of esters is 1. The highest BCUT2D eigenvalue weighted by atomic mass is 16.5. The fourth-order valence-corrected chi connectivity index (χ4v) is 2.04. The van der Waals surface area contributed by atoms with Crippen LogP contribution in [0.25, 0.3) is 0 Å². The van der Waals surface area contributed by atoms with Gasteiger partial charge in [-0.25, -0.2) is 0 Å². The molecule has 1 rings (SSSR count). The van der Waals surface area contributed by atoms with Crippen LogP contribution in [0.4, 0.5) is 0 Å². The molecule has 14 heavy (non-hydrogen) atoms. The summed E-state index contributed by atoms with van der Waals surface area (Å²) in [5, 5.41) is 0. The van der Waals surface area contributed by atoms with Crippen molar-refractivity contribution in [2.24, 2.45) is 11.3 Å². The minimum absolute atomic E-state index is 0.0220. The van der Waals surface area contributed by atoms with Gasteiger partial charge in [0.25, 0.3) is 0 Å². The van der Waals surface area contributed by atoms with Gasteiger partial charge in [-0.3, -0.25) is 9.59 Å². The number of rotatable bonds is 3. The van der Waals surface area contributed by atoms with E-state index in [1.165, 1.54) is 0 Å². The third-order valence-electron chi connectivity index (χ3n) is 3.10. The van der Waals surface area contributed by atoms with Gasteiger partial charge >= 0.3 is 5.97 Å².